The Morgan fingerprint density at radius 3 is 2.86 bits per heavy atom. The molecule has 2 rings (SSSR count). The highest BCUT2D eigenvalue weighted by molar-refractivity contribution is 7.99. The number of nitrogens with zero attached hydrogens (tertiary/aromatic N) is 2. The number of H-pyrrole nitrogens is 1. The Hall–Kier alpha value is -1.24. The van der Waals surface area contributed by atoms with Crippen LogP contribution in [0.1, 0.15) is 23.7 Å². The first-order chi connectivity index (χ1) is 10.0. The second-order valence-corrected chi connectivity index (χ2v) is 6.09. The normalized spacial score (nSPS) is 10.8. The maximum Gasteiger partial charge on any atom is 0.343 e. The summed E-state index contributed by atoms with van der Waals surface area (Å²) in [4.78, 5) is 23.7. The summed E-state index contributed by atoms with van der Waals surface area (Å²) in [7, 11) is 0. The van der Waals surface area contributed by atoms with Gasteiger partial charge < -0.3 is 0 Å². The molecule has 0 amide bonds. The predicted molar refractivity (Wildman–Crippen MR) is 84.7 cm³/mol. The van der Waals surface area contributed by atoms with E-state index in [1.54, 1.807) is 12.1 Å². The van der Waals surface area contributed by atoms with Crippen molar-refractivity contribution in [2.24, 2.45) is 0 Å². The summed E-state index contributed by atoms with van der Waals surface area (Å²) in [6, 6.07) is 4.74. The fraction of sp³-hybridized carbons (Fsp3) is 0.308. The molecule has 0 radical (unpaired) electrons. The van der Waals surface area contributed by atoms with Crippen molar-refractivity contribution in [1.29, 1.82) is 0 Å². The number of Topliss-reactive ketones (excluding diaryl/α,β-unsaturated/α-hetero) is 1. The van der Waals surface area contributed by atoms with Crippen LogP contribution in [0.4, 0.5) is 0 Å². The number of halogens is 2. The first kappa shape index (κ1) is 16.1. The van der Waals surface area contributed by atoms with Gasteiger partial charge in [0.05, 0.1) is 10.8 Å². The first-order valence-corrected chi connectivity index (χ1v) is 8.03. The fourth-order valence-electron chi connectivity index (χ4n) is 1.76. The molecule has 0 unspecified atom stereocenters. The van der Waals surface area contributed by atoms with Crippen molar-refractivity contribution < 1.29 is 4.79 Å². The molecule has 0 saturated heterocycles. The number of thioether (sulfide) groups is 1. The van der Waals surface area contributed by atoms with Gasteiger partial charge in [0.25, 0.3) is 0 Å². The lowest BCUT2D eigenvalue weighted by Crippen LogP contribution is -2.17. The molecule has 5 nitrogen and oxygen atoms in total. The molecule has 1 N–H and O–H groups in total. The number of ketones is 1. The molecule has 0 saturated carbocycles. The zero-order valence-corrected chi connectivity index (χ0v) is 13.6. The number of rotatable bonds is 6. The van der Waals surface area contributed by atoms with E-state index in [9.17, 15) is 9.59 Å². The number of hydrogen-bond acceptors (Lipinski definition) is 4. The molecule has 0 fully saturated rings. The van der Waals surface area contributed by atoms with Gasteiger partial charge >= 0.3 is 5.69 Å². The predicted octanol–water partition coefficient (Wildman–Crippen LogP) is 3.26. The average molecular weight is 346 g/mol. The summed E-state index contributed by atoms with van der Waals surface area (Å²) in [5.74, 6) is 0.00944. The molecule has 1 heterocycles. The lowest BCUT2D eigenvalue weighted by Gasteiger charge is -2.05. The smallest absolute Gasteiger partial charge is 0.293 e. The average Bonchev–Trinajstić information content (AvgIpc) is 2.78. The van der Waals surface area contributed by atoms with Crippen molar-refractivity contribution in [2.75, 3.05) is 5.75 Å². The quantitative estimate of drug-likeness (QED) is 0.644. The van der Waals surface area contributed by atoms with Crippen LogP contribution in [0, 0.1) is 0 Å². The van der Waals surface area contributed by atoms with Crippen LogP contribution in [-0.4, -0.2) is 26.3 Å². The molecule has 8 heteroatoms. The molecular weight excluding hydrogens is 333 g/mol. The molecule has 0 spiro atoms. The van der Waals surface area contributed by atoms with Crippen molar-refractivity contribution in [2.45, 2.75) is 25.0 Å². The monoisotopic (exact) mass is 345 g/mol. The number of aromatic amines is 1. The third-order valence-electron chi connectivity index (χ3n) is 2.73. The molecular formula is C13H13Cl2N3O2S. The van der Waals surface area contributed by atoms with Gasteiger partial charge in [-0.25, -0.2) is 9.89 Å². The summed E-state index contributed by atoms with van der Waals surface area (Å²) in [6.07, 6.45) is 0.809. The Bertz CT molecular complexity index is 712. The second-order valence-electron chi connectivity index (χ2n) is 4.30. The van der Waals surface area contributed by atoms with Crippen LogP contribution in [0.3, 0.4) is 0 Å². The van der Waals surface area contributed by atoms with Crippen LogP contribution < -0.4 is 5.69 Å². The Morgan fingerprint density at radius 1 is 1.43 bits per heavy atom. The molecule has 0 aliphatic carbocycles. The van der Waals surface area contributed by atoms with Crippen molar-refractivity contribution in [3.8, 4) is 0 Å². The van der Waals surface area contributed by atoms with Gasteiger partial charge in [-0.1, -0.05) is 41.9 Å². The van der Waals surface area contributed by atoms with Gasteiger partial charge in [0, 0.05) is 17.1 Å². The topological polar surface area (TPSA) is 67.8 Å². The van der Waals surface area contributed by atoms with Crippen molar-refractivity contribution in [3.05, 3.63) is 44.3 Å². The van der Waals surface area contributed by atoms with Crippen LogP contribution >= 0.6 is 35.0 Å². The lowest BCUT2D eigenvalue weighted by molar-refractivity contribution is 0.102. The highest BCUT2D eigenvalue weighted by Gasteiger charge is 2.14. The standard InChI is InChI=1S/C13H13Cl2N3O2S/c1-2-5-18-12(20)16-17-13(18)21-7-11(19)9-4-3-8(14)6-10(9)15/h3-4,6H,2,5,7H2,1H3,(H,16,20). The second kappa shape index (κ2) is 7.15. The van der Waals surface area contributed by atoms with Crippen LogP contribution in [0.25, 0.3) is 0 Å². The Labute approximate surface area is 135 Å². The summed E-state index contributed by atoms with van der Waals surface area (Å²) in [5, 5.41) is 7.61. The van der Waals surface area contributed by atoms with E-state index in [1.807, 2.05) is 6.92 Å². The minimum absolute atomic E-state index is 0.139. The van der Waals surface area contributed by atoms with Crippen LogP contribution in [-0.2, 0) is 6.54 Å². The molecule has 1 aromatic carbocycles. The molecule has 0 bridgehead atoms. The van der Waals surface area contributed by atoms with Gasteiger partial charge in [0.1, 0.15) is 0 Å². The molecule has 0 aliphatic rings. The van der Waals surface area contributed by atoms with Gasteiger partial charge in [-0.2, -0.15) is 0 Å². The number of benzene rings is 1. The lowest BCUT2D eigenvalue weighted by atomic mass is 10.1. The molecule has 0 atom stereocenters. The third kappa shape index (κ3) is 3.90. The van der Waals surface area contributed by atoms with E-state index < -0.39 is 0 Å². The summed E-state index contributed by atoms with van der Waals surface area (Å²) < 4.78 is 1.52. The van der Waals surface area contributed by atoms with Crippen LogP contribution in [0.5, 0.6) is 0 Å². The Kier molecular flexibility index (Phi) is 5.50. The number of carbonyl (C=O) groups is 1. The van der Waals surface area contributed by atoms with Gasteiger partial charge in [-0.3, -0.25) is 9.36 Å². The third-order valence-corrected chi connectivity index (χ3v) is 4.26. The summed E-state index contributed by atoms with van der Waals surface area (Å²) in [5.41, 5.74) is 0.143. The largest absolute Gasteiger partial charge is 0.343 e. The summed E-state index contributed by atoms with van der Waals surface area (Å²) in [6.45, 7) is 2.53. The van der Waals surface area contributed by atoms with Gasteiger partial charge in [0.15, 0.2) is 10.9 Å². The SMILES string of the molecule is CCCn1c(SCC(=O)c2ccc(Cl)cc2Cl)n[nH]c1=O. The van der Waals surface area contributed by atoms with Crippen molar-refractivity contribution >= 4 is 40.7 Å². The minimum atomic E-state index is -0.267. The van der Waals surface area contributed by atoms with Gasteiger partial charge in [-0.15, -0.1) is 5.10 Å². The van der Waals surface area contributed by atoms with Gasteiger partial charge in [-0.05, 0) is 24.6 Å². The minimum Gasteiger partial charge on any atom is -0.293 e. The molecule has 0 aliphatic heterocycles. The van der Waals surface area contributed by atoms with E-state index in [0.717, 1.165) is 6.42 Å². The highest BCUT2D eigenvalue weighted by Crippen LogP contribution is 2.23. The number of carbonyl (C=O) groups excluding carboxylic acids is 1. The fourth-order valence-corrected chi connectivity index (χ4v) is 3.13. The highest BCUT2D eigenvalue weighted by atomic mass is 35.5. The van der Waals surface area contributed by atoms with E-state index in [0.29, 0.717) is 27.3 Å². The molecule has 21 heavy (non-hydrogen) atoms. The molecule has 112 valence electrons. The molecule has 1 aromatic heterocycles. The van der Waals surface area contributed by atoms with E-state index in [4.69, 9.17) is 23.2 Å². The van der Waals surface area contributed by atoms with Crippen molar-refractivity contribution in [3.63, 3.8) is 0 Å². The van der Waals surface area contributed by atoms with E-state index >= 15 is 0 Å². The maximum atomic E-state index is 12.2. The van der Waals surface area contributed by atoms with Crippen LogP contribution in [0.2, 0.25) is 10.0 Å². The number of hydrogen-bond donors (Lipinski definition) is 1. The van der Waals surface area contributed by atoms with E-state index in [-0.39, 0.29) is 17.2 Å². The molecule has 2 aromatic rings. The number of nitrogens with one attached hydrogen (secondary N) is 1. The Morgan fingerprint density at radius 2 is 2.19 bits per heavy atom. The Balaban J connectivity index is 2.09. The van der Waals surface area contributed by atoms with E-state index in [1.165, 1.54) is 22.4 Å². The summed E-state index contributed by atoms with van der Waals surface area (Å²) >= 11 is 13.0. The van der Waals surface area contributed by atoms with Crippen LogP contribution in [0.15, 0.2) is 28.2 Å². The van der Waals surface area contributed by atoms with E-state index in [2.05, 4.69) is 10.2 Å². The van der Waals surface area contributed by atoms with Crippen molar-refractivity contribution in [1.82, 2.24) is 14.8 Å². The first-order valence-electron chi connectivity index (χ1n) is 6.29. The van der Waals surface area contributed by atoms with Gasteiger partial charge in [0.2, 0.25) is 0 Å². The zero-order valence-electron chi connectivity index (χ0n) is 11.2. The zero-order chi connectivity index (χ0) is 15.4. The maximum absolute atomic E-state index is 12.2. The number of aromatic nitrogens is 3.